The molecule has 1 saturated heterocycles. The number of carbonyl (C=O) groups is 1. The van der Waals surface area contributed by atoms with Gasteiger partial charge in [-0.3, -0.25) is 4.79 Å². The molecule has 6 nitrogen and oxygen atoms in total. The molecule has 27 heavy (non-hydrogen) atoms. The average molecular weight is 371 g/mol. The Kier molecular flexibility index (Phi) is 6.21. The third kappa shape index (κ3) is 4.72. The highest BCUT2D eigenvalue weighted by Gasteiger charge is 2.23. The molecule has 1 amide bonds. The number of aromatic nitrogens is 2. The van der Waals surface area contributed by atoms with Crippen LogP contribution in [-0.2, 0) is 0 Å². The van der Waals surface area contributed by atoms with Crippen molar-refractivity contribution < 1.29 is 9.18 Å². The molecule has 0 spiro atoms. The van der Waals surface area contributed by atoms with Gasteiger partial charge in [-0.15, -0.1) is 10.2 Å². The van der Waals surface area contributed by atoms with Crippen LogP contribution in [-0.4, -0.2) is 60.8 Å². The van der Waals surface area contributed by atoms with Gasteiger partial charge >= 0.3 is 0 Å². The lowest BCUT2D eigenvalue weighted by molar-refractivity contribution is 0.0739. The molecule has 0 atom stereocenters. The monoisotopic (exact) mass is 371 g/mol. The molecular weight excluding hydrogens is 345 g/mol. The molecule has 0 bridgehead atoms. The molecule has 0 unspecified atom stereocenters. The van der Waals surface area contributed by atoms with Crippen molar-refractivity contribution >= 4 is 17.4 Å². The third-order valence-electron chi connectivity index (χ3n) is 4.87. The highest BCUT2D eigenvalue weighted by Crippen LogP contribution is 2.18. The molecule has 0 radical (unpaired) electrons. The Balaban J connectivity index is 1.56. The van der Waals surface area contributed by atoms with Gasteiger partial charge in [0.05, 0.1) is 0 Å². The Morgan fingerprint density at radius 1 is 1.07 bits per heavy atom. The summed E-state index contributed by atoms with van der Waals surface area (Å²) < 4.78 is 13.1. The lowest BCUT2D eigenvalue weighted by atomic mass is 10.2. The first-order valence-electron chi connectivity index (χ1n) is 9.43. The number of nitrogens with zero attached hydrogens (tertiary/aromatic N) is 5. The van der Waals surface area contributed by atoms with Crippen LogP contribution in [0.25, 0.3) is 0 Å². The van der Waals surface area contributed by atoms with E-state index in [4.69, 9.17) is 0 Å². The van der Waals surface area contributed by atoms with E-state index in [0.29, 0.717) is 31.9 Å². The van der Waals surface area contributed by atoms with Crippen molar-refractivity contribution in [2.24, 2.45) is 0 Å². The molecule has 1 aliphatic rings. The number of benzene rings is 1. The van der Waals surface area contributed by atoms with Gasteiger partial charge < -0.3 is 14.7 Å². The minimum atomic E-state index is -0.241. The van der Waals surface area contributed by atoms with E-state index in [2.05, 4.69) is 22.0 Å². The molecule has 7 heteroatoms. The lowest BCUT2D eigenvalue weighted by Crippen LogP contribution is -2.49. The van der Waals surface area contributed by atoms with Crippen LogP contribution in [0.15, 0.2) is 36.4 Å². The Morgan fingerprint density at radius 2 is 1.78 bits per heavy atom. The molecule has 1 aromatic heterocycles. The number of amides is 1. The maximum absolute atomic E-state index is 13.1. The number of hydrogen-bond donors (Lipinski definition) is 0. The van der Waals surface area contributed by atoms with Gasteiger partial charge in [-0.2, -0.15) is 0 Å². The van der Waals surface area contributed by atoms with Gasteiger partial charge in [0.2, 0.25) is 0 Å². The van der Waals surface area contributed by atoms with Gasteiger partial charge in [-0.25, -0.2) is 4.39 Å². The summed E-state index contributed by atoms with van der Waals surface area (Å²) in [5, 5.41) is 8.33. The number of piperazine rings is 1. The second kappa shape index (κ2) is 8.79. The second-order valence-electron chi connectivity index (χ2n) is 6.81. The van der Waals surface area contributed by atoms with Crippen molar-refractivity contribution in [1.29, 1.82) is 0 Å². The van der Waals surface area contributed by atoms with Gasteiger partial charge in [-0.05, 0) is 42.8 Å². The summed E-state index contributed by atoms with van der Waals surface area (Å²) in [6.07, 6.45) is 2.22. The van der Waals surface area contributed by atoms with E-state index in [9.17, 15) is 9.18 Å². The van der Waals surface area contributed by atoms with Crippen molar-refractivity contribution in [3.63, 3.8) is 0 Å². The number of hydrogen-bond acceptors (Lipinski definition) is 5. The highest BCUT2D eigenvalue weighted by atomic mass is 19.1. The molecule has 2 aromatic rings. The van der Waals surface area contributed by atoms with Gasteiger partial charge in [0.15, 0.2) is 11.5 Å². The van der Waals surface area contributed by atoms with Gasteiger partial charge in [0.1, 0.15) is 5.82 Å². The van der Waals surface area contributed by atoms with E-state index < -0.39 is 0 Å². The van der Waals surface area contributed by atoms with Gasteiger partial charge in [0.25, 0.3) is 5.91 Å². The molecule has 0 aliphatic carbocycles. The quantitative estimate of drug-likeness (QED) is 0.782. The largest absolute Gasteiger partial charge is 0.368 e. The predicted octanol–water partition coefficient (Wildman–Crippen LogP) is 2.81. The maximum atomic E-state index is 13.1. The minimum absolute atomic E-state index is 0.0935. The standard InChI is InChI=1S/C20H26FN5O/c1-3-4-11-24(2)19-10-9-18(22-23-19)20(27)26-14-12-25(13-15-26)17-7-5-16(21)6-8-17/h5-10H,3-4,11-15H2,1-2H3. The molecule has 1 fully saturated rings. The molecule has 144 valence electrons. The summed E-state index contributed by atoms with van der Waals surface area (Å²) >= 11 is 0. The van der Waals surface area contributed by atoms with Crippen LogP contribution in [0.5, 0.6) is 0 Å². The average Bonchev–Trinajstić information content (AvgIpc) is 2.72. The van der Waals surface area contributed by atoms with Gasteiger partial charge in [0, 0.05) is 45.5 Å². The molecule has 0 saturated carbocycles. The van der Waals surface area contributed by atoms with E-state index in [1.54, 1.807) is 23.1 Å². The zero-order chi connectivity index (χ0) is 19.2. The summed E-state index contributed by atoms with van der Waals surface area (Å²) in [6.45, 7) is 5.71. The first kappa shape index (κ1) is 19.1. The number of carbonyl (C=O) groups excluding carboxylic acids is 1. The number of rotatable bonds is 6. The first-order valence-corrected chi connectivity index (χ1v) is 9.43. The second-order valence-corrected chi connectivity index (χ2v) is 6.81. The summed E-state index contributed by atoms with van der Waals surface area (Å²) in [7, 11) is 1.98. The molecule has 3 rings (SSSR count). The van der Waals surface area contributed by atoms with E-state index in [0.717, 1.165) is 30.9 Å². The Hall–Kier alpha value is -2.70. The fourth-order valence-corrected chi connectivity index (χ4v) is 3.13. The van der Waals surface area contributed by atoms with Crippen LogP contribution in [0.1, 0.15) is 30.3 Å². The van der Waals surface area contributed by atoms with Crippen molar-refractivity contribution in [2.75, 3.05) is 49.6 Å². The SMILES string of the molecule is CCCCN(C)c1ccc(C(=O)N2CCN(c3ccc(F)cc3)CC2)nn1. The number of unbranched alkanes of at least 4 members (excludes halogenated alkanes) is 1. The fourth-order valence-electron chi connectivity index (χ4n) is 3.13. The van der Waals surface area contributed by atoms with Crippen LogP contribution < -0.4 is 9.80 Å². The maximum Gasteiger partial charge on any atom is 0.274 e. The minimum Gasteiger partial charge on any atom is -0.368 e. The zero-order valence-electron chi connectivity index (χ0n) is 15.9. The number of anilines is 2. The predicted molar refractivity (Wildman–Crippen MR) is 105 cm³/mol. The van der Waals surface area contributed by atoms with E-state index in [1.165, 1.54) is 12.1 Å². The number of halogens is 1. The summed E-state index contributed by atoms with van der Waals surface area (Å²) in [6, 6.07) is 10.1. The zero-order valence-corrected chi connectivity index (χ0v) is 15.9. The Bertz CT molecular complexity index is 742. The van der Waals surface area contributed by atoms with Crippen LogP contribution in [0.4, 0.5) is 15.9 Å². The first-order chi connectivity index (χ1) is 13.1. The molecule has 1 aliphatic heterocycles. The molecule has 1 aromatic carbocycles. The van der Waals surface area contributed by atoms with E-state index in [1.807, 2.05) is 18.0 Å². The highest BCUT2D eigenvalue weighted by molar-refractivity contribution is 5.92. The topological polar surface area (TPSA) is 52.6 Å². The van der Waals surface area contributed by atoms with Crippen LogP contribution in [0, 0.1) is 5.82 Å². The fraction of sp³-hybridized carbons (Fsp3) is 0.450. The Morgan fingerprint density at radius 3 is 2.37 bits per heavy atom. The lowest BCUT2D eigenvalue weighted by Gasteiger charge is -2.35. The summed E-state index contributed by atoms with van der Waals surface area (Å²) in [5.74, 6) is 0.445. The van der Waals surface area contributed by atoms with E-state index in [-0.39, 0.29) is 11.7 Å². The third-order valence-corrected chi connectivity index (χ3v) is 4.87. The van der Waals surface area contributed by atoms with Crippen molar-refractivity contribution in [1.82, 2.24) is 15.1 Å². The van der Waals surface area contributed by atoms with E-state index >= 15 is 0 Å². The molecule has 0 N–H and O–H groups in total. The van der Waals surface area contributed by atoms with Crippen LogP contribution >= 0.6 is 0 Å². The summed E-state index contributed by atoms with van der Waals surface area (Å²) in [4.78, 5) is 18.7. The summed E-state index contributed by atoms with van der Waals surface area (Å²) in [5.41, 5.74) is 1.35. The normalized spacial score (nSPS) is 14.3. The van der Waals surface area contributed by atoms with Crippen molar-refractivity contribution in [2.45, 2.75) is 19.8 Å². The molecule has 2 heterocycles. The molecular formula is C20H26FN5O. The van der Waals surface area contributed by atoms with Crippen molar-refractivity contribution in [3.05, 3.63) is 47.9 Å². The Labute approximate surface area is 159 Å². The van der Waals surface area contributed by atoms with Crippen molar-refractivity contribution in [3.8, 4) is 0 Å². The van der Waals surface area contributed by atoms with Crippen LogP contribution in [0.2, 0.25) is 0 Å². The van der Waals surface area contributed by atoms with Gasteiger partial charge in [-0.1, -0.05) is 13.3 Å². The smallest absolute Gasteiger partial charge is 0.274 e. The van der Waals surface area contributed by atoms with Crippen LogP contribution in [0.3, 0.4) is 0 Å².